The summed E-state index contributed by atoms with van der Waals surface area (Å²) >= 11 is 0. The van der Waals surface area contributed by atoms with Crippen molar-refractivity contribution in [2.75, 3.05) is 42.9 Å². The molecule has 0 aliphatic carbocycles. The molecule has 0 spiro atoms. The second-order valence-electron chi connectivity index (χ2n) is 7.65. The minimum absolute atomic E-state index is 0.0486. The molecule has 2 N–H and O–H groups in total. The minimum atomic E-state index is -0.437. The molecule has 8 heteroatoms. The summed E-state index contributed by atoms with van der Waals surface area (Å²) in [6, 6.07) is 22.4. The van der Waals surface area contributed by atoms with E-state index in [9.17, 15) is 9.59 Å². The number of nitrogens with zero attached hydrogens (tertiary/aromatic N) is 3. The zero-order valence-electron chi connectivity index (χ0n) is 18.3. The summed E-state index contributed by atoms with van der Waals surface area (Å²) in [5.41, 5.74) is 2.56. The lowest BCUT2D eigenvalue weighted by Crippen LogP contribution is -2.51. The first-order valence-electron chi connectivity index (χ1n) is 10.9. The van der Waals surface area contributed by atoms with Crippen LogP contribution in [0.2, 0.25) is 0 Å². The number of rotatable bonds is 7. The summed E-state index contributed by atoms with van der Waals surface area (Å²) in [7, 11) is 0. The second-order valence-corrected chi connectivity index (χ2v) is 7.65. The predicted molar refractivity (Wildman–Crippen MR) is 127 cm³/mol. The first-order chi connectivity index (χ1) is 16.2. The Balaban J connectivity index is 1.20. The average Bonchev–Trinajstić information content (AvgIpc) is 2.87. The van der Waals surface area contributed by atoms with E-state index in [-0.39, 0.29) is 12.5 Å². The van der Waals surface area contributed by atoms with E-state index in [1.807, 2.05) is 42.5 Å². The van der Waals surface area contributed by atoms with Crippen LogP contribution in [-0.4, -0.2) is 54.5 Å². The Labute approximate surface area is 193 Å². The van der Waals surface area contributed by atoms with Gasteiger partial charge < -0.3 is 25.2 Å². The van der Waals surface area contributed by atoms with Crippen molar-refractivity contribution in [3.63, 3.8) is 0 Å². The van der Waals surface area contributed by atoms with Gasteiger partial charge in [0, 0.05) is 49.8 Å². The third-order valence-electron chi connectivity index (χ3n) is 5.36. The maximum Gasteiger partial charge on any atom is 0.319 e. The molecule has 1 aliphatic heterocycles. The number of ether oxygens (including phenoxy) is 1. The van der Waals surface area contributed by atoms with Crippen molar-refractivity contribution in [1.29, 1.82) is 0 Å². The maximum absolute atomic E-state index is 12.5. The number of piperazine rings is 1. The van der Waals surface area contributed by atoms with Gasteiger partial charge in [-0.2, -0.15) is 0 Å². The van der Waals surface area contributed by atoms with Crippen molar-refractivity contribution < 1.29 is 14.3 Å². The zero-order valence-corrected chi connectivity index (χ0v) is 18.3. The van der Waals surface area contributed by atoms with Crippen LogP contribution in [0.5, 0.6) is 5.75 Å². The molecule has 0 bridgehead atoms. The molecule has 1 aromatic heterocycles. The van der Waals surface area contributed by atoms with Crippen molar-refractivity contribution in [3.8, 4) is 5.75 Å². The predicted octanol–water partition coefficient (Wildman–Crippen LogP) is 3.13. The van der Waals surface area contributed by atoms with Gasteiger partial charge in [0.15, 0.2) is 0 Å². The van der Waals surface area contributed by atoms with E-state index in [0.717, 1.165) is 24.5 Å². The highest BCUT2D eigenvalue weighted by Crippen LogP contribution is 2.18. The summed E-state index contributed by atoms with van der Waals surface area (Å²) < 4.78 is 5.73. The molecule has 33 heavy (non-hydrogen) atoms. The Morgan fingerprint density at radius 2 is 1.70 bits per heavy atom. The van der Waals surface area contributed by atoms with Gasteiger partial charge in [0.1, 0.15) is 12.4 Å². The SMILES string of the molecule is O=C(NCC(=O)N1CCN(c2ccccc2)CC1)Nc1cccc(OCc2ccccn2)c1. The molecule has 3 aromatic rings. The molecule has 3 amide bonds. The number of urea groups is 1. The number of para-hydroxylation sites is 1. The van der Waals surface area contributed by atoms with E-state index in [1.54, 1.807) is 29.3 Å². The van der Waals surface area contributed by atoms with Gasteiger partial charge in [-0.1, -0.05) is 30.3 Å². The smallest absolute Gasteiger partial charge is 0.319 e. The topological polar surface area (TPSA) is 86.8 Å². The first kappa shape index (κ1) is 22.1. The molecule has 0 radical (unpaired) electrons. The Morgan fingerprint density at radius 3 is 2.45 bits per heavy atom. The van der Waals surface area contributed by atoms with Crippen molar-refractivity contribution in [2.45, 2.75) is 6.61 Å². The number of hydrogen-bond acceptors (Lipinski definition) is 5. The first-order valence-corrected chi connectivity index (χ1v) is 10.9. The number of pyridine rings is 1. The molecule has 2 aromatic carbocycles. The van der Waals surface area contributed by atoms with Gasteiger partial charge in [0.05, 0.1) is 12.2 Å². The summed E-state index contributed by atoms with van der Waals surface area (Å²) in [6.45, 7) is 3.09. The minimum Gasteiger partial charge on any atom is -0.487 e. The van der Waals surface area contributed by atoms with Gasteiger partial charge in [-0.25, -0.2) is 4.79 Å². The van der Waals surface area contributed by atoms with Crippen LogP contribution in [-0.2, 0) is 11.4 Å². The Kier molecular flexibility index (Phi) is 7.37. The van der Waals surface area contributed by atoms with Crippen molar-refractivity contribution in [3.05, 3.63) is 84.7 Å². The van der Waals surface area contributed by atoms with Gasteiger partial charge in [-0.3, -0.25) is 9.78 Å². The molecule has 1 aliphatic rings. The molecule has 2 heterocycles. The van der Waals surface area contributed by atoms with Crippen LogP contribution in [0.15, 0.2) is 79.0 Å². The van der Waals surface area contributed by atoms with Gasteiger partial charge >= 0.3 is 6.03 Å². The van der Waals surface area contributed by atoms with Crippen molar-refractivity contribution >= 4 is 23.3 Å². The van der Waals surface area contributed by atoms with Crippen molar-refractivity contribution in [1.82, 2.24) is 15.2 Å². The fourth-order valence-electron chi connectivity index (χ4n) is 3.60. The van der Waals surface area contributed by atoms with Crippen LogP contribution in [0.1, 0.15) is 5.69 Å². The van der Waals surface area contributed by atoms with Gasteiger partial charge in [0.2, 0.25) is 5.91 Å². The normalized spacial score (nSPS) is 13.3. The van der Waals surface area contributed by atoms with E-state index in [4.69, 9.17) is 4.74 Å². The zero-order chi connectivity index (χ0) is 22.9. The number of nitrogens with one attached hydrogen (secondary N) is 2. The molecule has 0 saturated carbocycles. The van der Waals surface area contributed by atoms with Crippen LogP contribution in [0.3, 0.4) is 0 Å². The molecule has 4 rings (SSSR count). The van der Waals surface area contributed by atoms with Crippen LogP contribution in [0.4, 0.5) is 16.2 Å². The lowest BCUT2D eigenvalue weighted by atomic mass is 10.2. The van der Waals surface area contributed by atoms with E-state index < -0.39 is 6.03 Å². The highest BCUT2D eigenvalue weighted by atomic mass is 16.5. The largest absolute Gasteiger partial charge is 0.487 e. The molecule has 8 nitrogen and oxygen atoms in total. The monoisotopic (exact) mass is 445 g/mol. The van der Waals surface area contributed by atoms with E-state index in [1.165, 1.54) is 0 Å². The fourth-order valence-corrected chi connectivity index (χ4v) is 3.60. The fraction of sp³-hybridized carbons (Fsp3) is 0.240. The number of benzene rings is 2. The maximum atomic E-state index is 12.5. The Hall–Kier alpha value is -4.07. The van der Waals surface area contributed by atoms with Gasteiger partial charge in [0.25, 0.3) is 0 Å². The van der Waals surface area contributed by atoms with E-state index in [0.29, 0.717) is 31.1 Å². The number of hydrogen-bond donors (Lipinski definition) is 2. The molecule has 0 unspecified atom stereocenters. The van der Waals surface area contributed by atoms with Crippen LogP contribution < -0.4 is 20.3 Å². The third kappa shape index (κ3) is 6.46. The lowest BCUT2D eigenvalue weighted by molar-refractivity contribution is -0.130. The van der Waals surface area contributed by atoms with E-state index >= 15 is 0 Å². The molecule has 1 saturated heterocycles. The van der Waals surface area contributed by atoms with Crippen LogP contribution >= 0.6 is 0 Å². The molecular formula is C25H27N5O3. The molecule has 170 valence electrons. The Morgan fingerprint density at radius 1 is 0.909 bits per heavy atom. The number of carbonyl (C=O) groups excluding carboxylic acids is 2. The molecule has 0 atom stereocenters. The second kappa shape index (κ2) is 11.0. The number of aromatic nitrogens is 1. The summed E-state index contributed by atoms with van der Waals surface area (Å²) in [5.74, 6) is 0.524. The van der Waals surface area contributed by atoms with Crippen LogP contribution in [0, 0.1) is 0 Å². The van der Waals surface area contributed by atoms with Crippen LogP contribution in [0.25, 0.3) is 0 Å². The molecular weight excluding hydrogens is 418 g/mol. The summed E-state index contributed by atoms with van der Waals surface area (Å²) in [5, 5.41) is 5.39. The number of amides is 3. The highest BCUT2D eigenvalue weighted by Gasteiger charge is 2.21. The highest BCUT2D eigenvalue weighted by molar-refractivity contribution is 5.92. The van der Waals surface area contributed by atoms with Gasteiger partial charge in [-0.05, 0) is 36.4 Å². The summed E-state index contributed by atoms with van der Waals surface area (Å²) in [6.07, 6.45) is 1.71. The third-order valence-corrected chi connectivity index (χ3v) is 5.36. The Bertz CT molecular complexity index is 1050. The number of anilines is 2. The quantitative estimate of drug-likeness (QED) is 0.584. The van der Waals surface area contributed by atoms with E-state index in [2.05, 4.69) is 32.7 Å². The lowest BCUT2D eigenvalue weighted by Gasteiger charge is -2.36. The standard InChI is InChI=1S/C25H27N5O3/c31-24(30-15-13-29(14-16-30)22-9-2-1-3-10-22)18-27-25(32)28-20-8-6-11-23(17-20)33-19-21-7-4-5-12-26-21/h1-12,17H,13-16,18-19H2,(H2,27,28,32). The van der Waals surface area contributed by atoms with Gasteiger partial charge in [-0.15, -0.1) is 0 Å². The summed E-state index contributed by atoms with van der Waals surface area (Å²) in [4.78, 5) is 33.0. The van der Waals surface area contributed by atoms with Crippen molar-refractivity contribution in [2.24, 2.45) is 0 Å². The number of carbonyl (C=O) groups is 2. The average molecular weight is 446 g/mol. The molecule has 1 fully saturated rings.